The van der Waals surface area contributed by atoms with Crippen LogP contribution in [0.2, 0.25) is 0 Å². The van der Waals surface area contributed by atoms with Gasteiger partial charge in [0.15, 0.2) is 5.79 Å². The molecular formula is C13H23NO4. The maximum absolute atomic E-state index is 11.6. The van der Waals surface area contributed by atoms with Crippen molar-refractivity contribution in [2.75, 3.05) is 20.3 Å². The lowest BCUT2D eigenvalue weighted by molar-refractivity contribution is -0.180. The zero-order valence-corrected chi connectivity index (χ0v) is 11.5. The van der Waals surface area contributed by atoms with Gasteiger partial charge in [-0.3, -0.25) is 10.1 Å². The van der Waals surface area contributed by atoms with Crippen LogP contribution in [0.1, 0.15) is 39.5 Å². The van der Waals surface area contributed by atoms with E-state index in [9.17, 15) is 4.79 Å². The number of hydrogen-bond acceptors (Lipinski definition) is 5. The number of nitrogens with one attached hydrogen (secondary N) is 1. The third kappa shape index (κ3) is 2.84. The van der Waals surface area contributed by atoms with Crippen molar-refractivity contribution in [1.82, 2.24) is 5.32 Å². The third-order valence-electron chi connectivity index (χ3n) is 3.82. The molecule has 0 atom stereocenters. The van der Waals surface area contributed by atoms with Crippen molar-refractivity contribution in [2.45, 2.75) is 56.9 Å². The number of ether oxygens (including phenoxy) is 3. The Bertz CT molecular complexity index is 300. The standard InChI is InChI=1S/C13H23NO4/c1-12(2,11(15)16-3)14-10-4-6-13(7-5-10)17-8-9-18-13/h10,14H,4-9H2,1-3H3. The zero-order chi connectivity index (χ0) is 13.2. The van der Waals surface area contributed by atoms with Crippen molar-refractivity contribution in [3.8, 4) is 0 Å². The number of hydrogen-bond donors (Lipinski definition) is 1. The maximum Gasteiger partial charge on any atom is 0.325 e. The average molecular weight is 257 g/mol. The van der Waals surface area contributed by atoms with Gasteiger partial charge < -0.3 is 14.2 Å². The molecule has 1 saturated heterocycles. The van der Waals surface area contributed by atoms with E-state index in [1.165, 1.54) is 7.11 Å². The smallest absolute Gasteiger partial charge is 0.325 e. The molecule has 0 bridgehead atoms. The van der Waals surface area contributed by atoms with Gasteiger partial charge in [-0.15, -0.1) is 0 Å². The number of methoxy groups -OCH3 is 1. The summed E-state index contributed by atoms with van der Waals surface area (Å²) in [5.41, 5.74) is -0.638. The first-order valence-electron chi connectivity index (χ1n) is 6.61. The number of esters is 1. The van der Waals surface area contributed by atoms with Crippen LogP contribution in [0.25, 0.3) is 0 Å². The molecular weight excluding hydrogens is 234 g/mol. The summed E-state index contributed by atoms with van der Waals surface area (Å²) in [7, 11) is 1.42. The molecule has 18 heavy (non-hydrogen) atoms. The molecule has 1 aliphatic carbocycles. The normalized spacial score (nSPS) is 24.4. The molecule has 2 fully saturated rings. The van der Waals surface area contributed by atoms with Crippen LogP contribution < -0.4 is 5.32 Å². The Balaban J connectivity index is 1.85. The van der Waals surface area contributed by atoms with Crippen molar-refractivity contribution in [2.24, 2.45) is 0 Å². The van der Waals surface area contributed by atoms with Crippen LogP contribution in [0.4, 0.5) is 0 Å². The Morgan fingerprint density at radius 3 is 2.33 bits per heavy atom. The molecule has 0 amide bonds. The van der Waals surface area contributed by atoms with E-state index < -0.39 is 5.54 Å². The fraction of sp³-hybridized carbons (Fsp3) is 0.923. The third-order valence-corrected chi connectivity index (χ3v) is 3.82. The van der Waals surface area contributed by atoms with Crippen molar-refractivity contribution in [3.63, 3.8) is 0 Å². The van der Waals surface area contributed by atoms with Gasteiger partial charge in [-0.2, -0.15) is 0 Å². The van der Waals surface area contributed by atoms with E-state index >= 15 is 0 Å². The average Bonchev–Trinajstić information content (AvgIpc) is 2.80. The monoisotopic (exact) mass is 257 g/mol. The lowest BCUT2D eigenvalue weighted by atomic mass is 9.88. The summed E-state index contributed by atoms with van der Waals surface area (Å²) in [6, 6.07) is 0.317. The van der Waals surface area contributed by atoms with E-state index in [4.69, 9.17) is 14.2 Å². The largest absolute Gasteiger partial charge is 0.468 e. The Kier molecular flexibility index (Phi) is 3.94. The Morgan fingerprint density at radius 2 is 1.83 bits per heavy atom. The Labute approximate surface area is 108 Å². The second kappa shape index (κ2) is 5.15. The van der Waals surface area contributed by atoms with E-state index in [1.807, 2.05) is 13.8 Å². The Hall–Kier alpha value is -0.650. The van der Waals surface area contributed by atoms with Gasteiger partial charge in [0.2, 0.25) is 0 Å². The van der Waals surface area contributed by atoms with Gasteiger partial charge in [-0.1, -0.05) is 0 Å². The lowest BCUT2D eigenvalue weighted by Crippen LogP contribution is -2.54. The summed E-state index contributed by atoms with van der Waals surface area (Å²) in [6.45, 7) is 5.11. The molecule has 0 aromatic heterocycles. The van der Waals surface area contributed by atoms with Crippen LogP contribution in [0, 0.1) is 0 Å². The summed E-state index contributed by atoms with van der Waals surface area (Å²) in [4.78, 5) is 11.6. The molecule has 0 unspecified atom stereocenters. The predicted molar refractivity (Wildman–Crippen MR) is 66.1 cm³/mol. The summed E-state index contributed by atoms with van der Waals surface area (Å²) < 4.78 is 16.2. The highest BCUT2D eigenvalue weighted by Gasteiger charge is 2.42. The molecule has 1 saturated carbocycles. The molecule has 0 aromatic carbocycles. The minimum Gasteiger partial charge on any atom is -0.468 e. The number of rotatable bonds is 3. The van der Waals surface area contributed by atoms with Crippen molar-refractivity contribution < 1.29 is 19.0 Å². The Morgan fingerprint density at radius 1 is 1.28 bits per heavy atom. The van der Waals surface area contributed by atoms with E-state index in [0.29, 0.717) is 19.3 Å². The van der Waals surface area contributed by atoms with Crippen LogP contribution in [0.15, 0.2) is 0 Å². The molecule has 2 aliphatic rings. The van der Waals surface area contributed by atoms with Gasteiger partial charge in [0.05, 0.1) is 20.3 Å². The SMILES string of the molecule is COC(=O)C(C)(C)NC1CCC2(CC1)OCCO2. The van der Waals surface area contributed by atoms with E-state index in [2.05, 4.69) is 5.32 Å². The van der Waals surface area contributed by atoms with Crippen LogP contribution in [0.5, 0.6) is 0 Å². The molecule has 104 valence electrons. The van der Waals surface area contributed by atoms with E-state index in [1.54, 1.807) is 0 Å². The molecule has 0 radical (unpaired) electrons. The summed E-state index contributed by atoms with van der Waals surface area (Å²) >= 11 is 0. The predicted octanol–water partition coefficient (Wildman–Crippen LogP) is 1.21. The molecule has 1 heterocycles. The summed E-state index contributed by atoms with van der Waals surface area (Å²) in [5.74, 6) is -0.565. The maximum atomic E-state index is 11.6. The van der Waals surface area contributed by atoms with Gasteiger partial charge in [0.1, 0.15) is 5.54 Å². The topological polar surface area (TPSA) is 56.8 Å². The highest BCUT2D eigenvalue weighted by Crippen LogP contribution is 2.36. The van der Waals surface area contributed by atoms with Gasteiger partial charge >= 0.3 is 5.97 Å². The minimum atomic E-state index is -0.638. The number of carbonyl (C=O) groups excluding carboxylic acids is 1. The number of carbonyl (C=O) groups is 1. The van der Waals surface area contributed by atoms with E-state index in [0.717, 1.165) is 25.7 Å². The zero-order valence-electron chi connectivity index (χ0n) is 11.5. The van der Waals surface area contributed by atoms with Gasteiger partial charge in [-0.05, 0) is 26.7 Å². The van der Waals surface area contributed by atoms with Crippen molar-refractivity contribution in [1.29, 1.82) is 0 Å². The van der Waals surface area contributed by atoms with Crippen molar-refractivity contribution in [3.05, 3.63) is 0 Å². The highest BCUT2D eigenvalue weighted by molar-refractivity contribution is 5.79. The minimum absolute atomic E-state index is 0.226. The first-order valence-corrected chi connectivity index (χ1v) is 6.61. The first-order chi connectivity index (χ1) is 8.47. The fourth-order valence-electron chi connectivity index (χ4n) is 2.81. The highest BCUT2D eigenvalue weighted by atomic mass is 16.7. The molecule has 0 aromatic rings. The van der Waals surface area contributed by atoms with Crippen LogP contribution in [0.3, 0.4) is 0 Å². The molecule has 1 aliphatic heterocycles. The molecule has 1 spiro atoms. The van der Waals surface area contributed by atoms with Gasteiger partial charge in [0.25, 0.3) is 0 Å². The van der Waals surface area contributed by atoms with Crippen LogP contribution >= 0.6 is 0 Å². The summed E-state index contributed by atoms with van der Waals surface area (Å²) in [5, 5.41) is 3.37. The van der Waals surface area contributed by atoms with Crippen LogP contribution in [-0.4, -0.2) is 43.7 Å². The molecule has 5 nitrogen and oxygen atoms in total. The first kappa shape index (κ1) is 13.8. The van der Waals surface area contributed by atoms with Crippen LogP contribution in [-0.2, 0) is 19.0 Å². The molecule has 2 rings (SSSR count). The second-order valence-corrected chi connectivity index (χ2v) is 5.64. The fourth-order valence-corrected chi connectivity index (χ4v) is 2.81. The van der Waals surface area contributed by atoms with Gasteiger partial charge in [0, 0.05) is 18.9 Å². The summed E-state index contributed by atoms with van der Waals surface area (Å²) in [6.07, 6.45) is 3.70. The molecule has 5 heteroatoms. The van der Waals surface area contributed by atoms with E-state index in [-0.39, 0.29) is 11.8 Å². The molecule has 1 N–H and O–H groups in total. The second-order valence-electron chi connectivity index (χ2n) is 5.64. The lowest BCUT2D eigenvalue weighted by Gasteiger charge is -2.38. The quantitative estimate of drug-likeness (QED) is 0.770. The van der Waals surface area contributed by atoms with Gasteiger partial charge in [-0.25, -0.2) is 0 Å². The van der Waals surface area contributed by atoms with Crippen molar-refractivity contribution >= 4 is 5.97 Å².